The number of halogens is 1. The van der Waals surface area contributed by atoms with Crippen LogP contribution in [0.4, 0.5) is 0 Å². The van der Waals surface area contributed by atoms with E-state index in [1.54, 1.807) is 7.11 Å². The van der Waals surface area contributed by atoms with Gasteiger partial charge >= 0.3 is 0 Å². The van der Waals surface area contributed by atoms with Gasteiger partial charge in [0.1, 0.15) is 5.75 Å². The highest BCUT2D eigenvalue weighted by Crippen LogP contribution is 2.27. The Morgan fingerprint density at radius 3 is 2.67 bits per heavy atom. The van der Waals surface area contributed by atoms with Gasteiger partial charge in [0.05, 0.1) is 12.7 Å². The molecule has 1 aromatic carbocycles. The predicted octanol–water partition coefficient (Wildman–Crippen LogP) is 4.17. The first-order valence-corrected chi connectivity index (χ1v) is 8.81. The van der Waals surface area contributed by atoms with E-state index >= 15 is 0 Å². The first kappa shape index (κ1) is 16.3. The number of alkyl halides is 1. The van der Waals surface area contributed by atoms with E-state index in [1.165, 1.54) is 19.3 Å². The van der Waals surface area contributed by atoms with E-state index in [0.717, 1.165) is 30.3 Å². The number of methoxy groups -OCH3 is 1. The molecule has 1 aliphatic rings. The Kier molecular flexibility index (Phi) is 6.09. The number of hydrogen-bond donors (Lipinski definition) is 0. The first-order valence-electron chi connectivity index (χ1n) is 7.69. The number of nitrogens with zero attached hydrogens (tertiary/aromatic N) is 1. The molecule has 3 nitrogen and oxygen atoms in total. The third kappa shape index (κ3) is 4.00. The molecule has 0 aromatic heterocycles. The van der Waals surface area contributed by atoms with Gasteiger partial charge in [-0.15, -0.1) is 0 Å². The molecule has 1 amide bonds. The zero-order chi connectivity index (χ0) is 15.2. The van der Waals surface area contributed by atoms with Gasteiger partial charge in [-0.1, -0.05) is 46.8 Å². The number of amides is 1. The second kappa shape index (κ2) is 7.83. The minimum Gasteiger partial charge on any atom is -0.496 e. The zero-order valence-corrected chi connectivity index (χ0v) is 14.5. The number of carbonyl (C=O) groups excluding carboxylic acids is 1. The van der Waals surface area contributed by atoms with Gasteiger partial charge in [0, 0.05) is 17.9 Å². The molecular weight excluding hydrogens is 330 g/mol. The maximum atomic E-state index is 13.0. The second-order valence-electron chi connectivity index (χ2n) is 5.68. The molecule has 1 saturated carbocycles. The highest BCUT2D eigenvalue weighted by Gasteiger charge is 2.27. The van der Waals surface area contributed by atoms with E-state index in [9.17, 15) is 4.79 Å². The van der Waals surface area contributed by atoms with Gasteiger partial charge in [-0.05, 0) is 31.9 Å². The molecule has 0 N–H and O–H groups in total. The lowest BCUT2D eigenvalue weighted by molar-refractivity contribution is 0.0647. The van der Waals surface area contributed by atoms with Gasteiger partial charge in [0.15, 0.2) is 0 Å². The van der Waals surface area contributed by atoms with Crippen LogP contribution in [0.25, 0.3) is 0 Å². The summed E-state index contributed by atoms with van der Waals surface area (Å²) in [4.78, 5) is 15.0. The summed E-state index contributed by atoms with van der Waals surface area (Å²) < 4.78 is 5.38. The molecule has 0 unspecified atom stereocenters. The SMILES string of the molecule is COc1ccc(C)cc1C(=O)N(CCBr)C1CCCCC1. The molecule has 0 atom stereocenters. The van der Waals surface area contributed by atoms with Crippen LogP contribution >= 0.6 is 15.9 Å². The Labute approximate surface area is 135 Å². The summed E-state index contributed by atoms with van der Waals surface area (Å²) in [5, 5.41) is 0.809. The van der Waals surface area contributed by atoms with E-state index in [2.05, 4.69) is 15.9 Å². The Bertz CT molecular complexity index is 484. The van der Waals surface area contributed by atoms with Gasteiger partial charge in [-0.2, -0.15) is 0 Å². The van der Waals surface area contributed by atoms with Crippen molar-refractivity contribution in [1.82, 2.24) is 4.90 Å². The largest absolute Gasteiger partial charge is 0.496 e. The lowest BCUT2D eigenvalue weighted by atomic mass is 9.93. The summed E-state index contributed by atoms with van der Waals surface area (Å²) in [6.45, 7) is 2.76. The molecule has 1 fully saturated rings. The summed E-state index contributed by atoms with van der Waals surface area (Å²) in [5.74, 6) is 0.767. The average molecular weight is 354 g/mol. The van der Waals surface area contributed by atoms with Crippen LogP contribution in [0.1, 0.15) is 48.0 Å². The smallest absolute Gasteiger partial charge is 0.257 e. The second-order valence-corrected chi connectivity index (χ2v) is 6.48. The fraction of sp³-hybridized carbons (Fsp3) is 0.588. The molecule has 0 bridgehead atoms. The molecule has 0 spiro atoms. The summed E-state index contributed by atoms with van der Waals surface area (Å²) in [7, 11) is 1.62. The number of rotatable bonds is 5. The quantitative estimate of drug-likeness (QED) is 0.743. The molecule has 4 heteroatoms. The van der Waals surface area contributed by atoms with Gasteiger partial charge in [0.25, 0.3) is 5.91 Å². The van der Waals surface area contributed by atoms with E-state index in [1.807, 2.05) is 30.0 Å². The molecular formula is C17H24BrNO2. The number of ether oxygens (including phenoxy) is 1. The Morgan fingerprint density at radius 2 is 2.05 bits per heavy atom. The van der Waals surface area contributed by atoms with Crippen LogP contribution in [0, 0.1) is 6.92 Å². The van der Waals surface area contributed by atoms with E-state index in [0.29, 0.717) is 17.4 Å². The van der Waals surface area contributed by atoms with Crippen molar-refractivity contribution in [2.24, 2.45) is 0 Å². The number of aryl methyl sites for hydroxylation is 1. The molecule has 116 valence electrons. The minimum absolute atomic E-state index is 0.0990. The molecule has 0 saturated heterocycles. The number of hydrogen-bond acceptors (Lipinski definition) is 2. The van der Waals surface area contributed by atoms with Crippen molar-refractivity contribution in [2.45, 2.75) is 45.1 Å². The van der Waals surface area contributed by atoms with Gasteiger partial charge in [-0.25, -0.2) is 0 Å². The molecule has 21 heavy (non-hydrogen) atoms. The van der Waals surface area contributed by atoms with Gasteiger partial charge in [-0.3, -0.25) is 4.79 Å². The fourth-order valence-electron chi connectivity index (χ4n) is 3.08. The maximum absolute atomic E-state index is 13.0. The van der Waals surface area contributed by atoms with E-state index < -0.39 is 0 Å². The van der Waals surface area contributed by atoms with Crippen molar-refractivity contribution in [3.8, 4) is 5.75 Å². The molecule has 0 radical (unpaired) electrons. The van der Waals surface area contributed by atoms with Crippen LogP contribution in [-0.2, 0) is 0 Å². The molecule has 0 heterocycles. The zero-order valence-electron chi connectivity index (χ0n) is 12.9. The molecule has 1 aromatic rings. The van der Waals surface area contributed by atoms with E-state index in [4.69, 9.17) is 4.74 Å². The van der Waals surface area contributed by atoms with E-state index in [-0.39, 0.29) is 5.91 Å². The monoisotopic (exact) mass is 353 g/mol. The highest BCUT2D eigenvalue weighted by molar-refractivity contribution is 9.09. The topological polar surface area (TPSA) is 29.5 Å². The lowest BCUT2D eigenvalue weighted by Gasteiger charge is -2.34. The van der Waals surface area contributed by atoms with Crippen molar-refractivity contribution in [1.29, 1.82) is 0 Å². The van der Waals surface area contributed by atoms with Gasteiger partial charge in [0.2, 0.25) is 0 Å². The summed E-state index contributed by atoms with van der Waals surface area (Å²) in [6.07, 6.45) is 5.98. The van der Waals surface area contributed by atoms with Crippen molar-refractivity contribution in [3.63, 3.8) is 0 Å². The molecule has 0 aliphatic heterocycles. The van der Waals surface area contributed by atoms with Crippen molar-refractivity contribution in [2.75, 3.05) is 19.0 Å². The van der Waals surface area contributed by atoms with Gasteiger partial charge < -0.3 is 9.64 Å². The summed E-state index contributed by atoms with van der Waals surface area (Å²) in [5.41, 5.74) is 1.77. The van der Waals surface area contributed by atoms with Crippen molar-refractivity contribution >= 4 is 21.8 Å². The lowest BCUT2D eigenvalue weighted by Crippen LogP contribution is -2.42. The number of carbonyl (C=O) groups is 1. The van der Waals surface area contributed by atoms with Crippen molar-refractivity contribution in [3.05, 3.63) is 29.3 Å². The molecule has 1 aliphatic carbocycles. The Hall–Kier alpha value is -1.03. The average Bonchev–Trinajstić information content (AvgIpc) is 2.52. The maximum Gasteiger partial charge on any atom is 0.257 e. The van der Waals surface area contributed by atoms with Crippen LogP contribution in [0.5, 0.6) is 5.75 Å². The van der Waals surface area contributed by atoms with Crippen LogP contribution < -0.4 is 4.74 Å². The number of benzene rings is 1. The third-order valence-electron chi connectivity index (χ3n) is 4.19. The first-order chi connectivity index (χ1) is 10.2. The normalized spacial score (nSPS) is 15.8. The standard InChI is InChI=1S/C17H24BrNO2/c1-13-8-9-16(21-2)15(12-13)17(20)19(11-10-18)14-6-4-3-5-7-14/h8-9,12,14H,3-7,10-11H2,1-2H3. The molecule has 2 rings (SSSR count). The van der Waals surface area contributed by atoms with Crippen LogP contribution in [0.15, 0.2) is 18.2 Å². The highest BCUT2D eigenvalue weighted by atomic mass is 79.9. The van der Waals surface area contributed by atoms with Crippen LogP contribution in [0.2, 0.25) is 0 Å². The Morgan fingerprint density at radius 1 is 1.33 bits per heavy atom. The minimum atomic E-state index is 0.0990. The van der Waals surface area contributed by atoms with Crippen LogP contribution in [0.3, 0.4) is 0 Å². The van der Waals surface area contributed by atoms with Crippen molar-refractivity contribution < 1.29 is 9.53 Å². The summed E-state index contributed by atoms with van der Waals surface area (Å²) in [6, 6.07) is 6.17. The fourth-order valence-corrected chi connectivity index (χ4v) is 3.46. The summed E-state index contributed by atoms with van der Waals surface area (Å²) >= 11 is 3.48. The Balaban J connectivity index is 2.27. The predicted molar refractivity (Wildman–Crippen MR) is 89.4 cm³/mol. The third-order valence-corrected chi connectivity index (χ3v) is 4.54. The van der Waals surface area contributed by atoms with Crippen LogP contribution in [-0.4, -0.2) is 35.8 Å².